The van der Waals surface area contributed by atoms with E-state index in [0.29, 0.717) is 23.9 Å². The topological polar surface area (TPSA) is 78.9 Å². The van der Waals surface area contributed by atoms with Gasteiger partial charge in [-0.2, -0.15) is 0 Å². The Hall–Kier alpha value is -1.23. The van der Waals surface area contributed by atoms with Crippen LogP contribution in [0.5, 0.6) is 0 Å². The van der Waals surface area contributed by atoms with Crippen LogP contribution in [-0.4, -0.2) is 31.7 Å². The zero-order chi connectivity index (χ0) is 20.2. The molecular formula is C24H37N3O2. The molecule has 1 aromatic rings. The number of carbonyl (C=O) groups is 1. The first-order valence-corrected chi connectivity index (χ1v) is 12.0. The number of aliphatic hydroxyl groups is 1. The van der Waals surface area contributed by atoms with Crippen LogP contribution >= 0.6 is 0 Å². The van der Waals surface area contributed by atoms with Crippen molar-refractivity contribution in [2.75, 3.05) is 0 Å². The summed E-state index contributed by atoms with van der Waals surface area (Å²) in [6.45, 7) is 4.57. The molecule has 0 amide bonds. The van der Waals surface area contributed by atoms with Crippen LogP contribution in [0.25, 0.3) is 0 Å². The number of hydrogen-bond acceptors (Lipinski definition) is 4. The van der Waals surface area contributed by atoms with Gasteiger partial charge in [-0.15, -0.1) is 10.2 Å². The molecule has 0 aliphatic heterocycles. The zero-order valence-electron chi connectivity index (χ0n) is 18.1. The highest BCUT2D eigenvalue weighted by molar-refractivity contribution is 5.83. The van der Waals surface area contributed by atoms with Gasteiger partial charge in [0, 0.05) is 5.92 Å². The Morgan fingerprint density at radius 3 is 2.72 bits per heavy atom. The number of aromatic nitrogens is 3. The first-order chi connectivity index (χ1) is 13.9. The van der Waals surface area contributed by atoms with Gasteiger partial charge in [-0.25, -0.2) is 0 Å². The minimum Gasteiger partial charge on any atom is -0.390 e. The fraction of sp³-hybridized carbons (Fsp3) is 0.875. The molecule has 5 nitrogen and oxygen atoms in total. The third kappa shape index (κ3) is 3.19. The second-order valence-electron chi connectivity index (χ2n) is 11.0. The van der Waals surface area contributed by atoms with Crippen molar-refractivity contribution in [3.8, 4) is 0 Å². The Kier molecular flexibility index (Phi) is 4.88. The lowest BCUT2D eigenvalue weighted by molar-refractivity contribution is -0.132. The molecule has 5 heteroatoms. The Balaban J connectivity index is 1.31. The maximum Gasteiger partial charge on any atom is 0.144 e. The number of nitrogens with zero attached hydrogens (tertiary/aromatic N) is 2. The molecule has 4 fully saturated rings. The normalized spacial score (nSPS) is 46.6. The van der Waals surface area contributed by atoms with Crippen molar-refractivity contribution in [1.29, 1.82) is 0 Å². The summed E-state index contributed by atoms with van der Waals surface area (Å²) in [6.07, 6.45) is 13.5. The summed E-state index contributed by atoms with van der Waals surface area (Å²) in [7, 11) is 0. The molecule has 1 aromatic heterocycles. The van der Waals surface area contributed by atoms with Crippen molar-refractivity contribution < 1.29 is 9.90 Å². The predicted octanol–water partition coefficient (Wildman–Crippen LogP) is 4.33. The molecule has 8 atom stereocenters. The number of ketones is 1. The summed E-state index contributed by atoms with van der Waals surface area (Å²) in [6, 6.07) is 0. The molecule has 0 saturated heterocycles. The lowest BCUT2D eigenvalue weighted by Crippen LogP contribution is -2.51. The van der Waals surface area contributed by atoms with Crippen molar-refractivity contribution in [2.45, 2.75) is 90.1 Å². The van der Waals surface area contributed by atoms with Crippen LogP contribution in [0.15, 0.2) is 6.33 Å². The second kappa shape index (κ2) is 7.18. The standard InChI is InChI=1S/C24H37N3O2/c1-3-24(29)11-9-16-15(13-24)4-5-18-17(16)8-10-23(2)19(18)6-7-20(23)21(28)12-22-25-14-26-27-22/h14-20,29H,3-13H2,1-2H3,(H,25,26,27)/t15-,16-,17+,18+,19-,20+,23-,24+/m0/s1. The molecule has 0 spiro atoms. The van der Waals surface area contributed by atoms with E-state index in [1.54, 1.807) is 6.33 Å². The monoisotopic (exact) mass is 399 g/mol. The zero-order valence-corrected chi connectivity index (χ0v) is 18.1. The van der Waals surface area contributed by atoms with Gasteiger partial charge in [-0.1, -0.05) is 13.8 Å². The predicted molar refractivity (Wildman–Crippen MR) is 111 cm³/mol. The highest BCUT2D eigenvalue weighted by Gasteiger charge is 2.58. The highest BCUT2D eigenvalue weighted by Crippen LogP contribution is 2.64. The lowest BCUT2D eigenvalue weighted by Gasteiger charge is -2.57. The summed E-state index contributed by atoms with van der Waals surface area (Å²) in [4.78, 5) is 16.2. The molecule has 1 heterocycles. The van der Waals surface area contributed by atoms with Gasteiger partial charge in [0.1, 0.15) is 17.9 Å². The van der Waals surface area contributed by atoms with Crippen molar-refractivity contribution >= 4 is 5.78 Å². The van der Waals surface area contributed by atoms with Gasteiger partial charge < -0.3 is 10.1 Å². The van der Waals surface area contributed by atoms with Crippen molar-refractivity contribution in [2.24, 2.45) is 40.9 Å². The molecule has 0 bridgehead atoms. The third-order valence-corrected chi connectivity index (χ3v) is 9.96. The maximum absolute atomic E-state index is 13.1. The van der Waals surface area contributed by atoms with Crippen LogP contribution < -0.4 is 0 Å². The van der Waals surface area contributed by atoms with Gasteiger partial charge in [0.2, 0.25) is 0 Å². The average molecular weight is 400 g/mol. The number of Topliss-reactive ketones (excluding diaryl/α,β-unsaturated/α-hetero) is 1. The van der Waals surface area contributed by atoms with Crippen LogP contribution in [0.1, 0.15) is 83.9 Å². The highest BCUT2D eigenvalue weighted by atomic mass is 16.3. The van der Waals surface area contributed by atoms with E-state index in [4.69, 9.17) is 0 Å². The molecular weight excluding hydrogens is 362 g/mol. The molecule has 0 aromatic carbocycles. The molecule has 4 aliphatic rings. The minimum atomic E-state index is -0.400. The first kappa shape index (κ1) is 19.7. The van der Waals surface area contributed by atoms with E-state index >= 15 is 0 Å². The Bertz CT molecular complexity index is 749. The summed E-state index contributed by atoms with van der Waals surface area (Å²) in [5.41, 5.74) is -0.229. The van der Waals surface area contributed by atoms with E-state index in [0.717, 1.165) is 49.4 Å². The van der Waals surface area contributed by atoms with Crippen LogP contribution in [0.2, 0.25) is 0 Å². The summed E-state index contributed by atoms with van der Waals surface area (Å²) >= 11 is 0. The van der Waals surface area contributed by atoms with Crippen molar-refractivity contribution in [1.82, 2.24) is 15.2 Å². The lowest BCUT2D eigenvalue weighted by atomic mass is 9.48. The number of hydrogen-bond donors (Lipinski definition) is 2. The van der Waals surface area contributed by atoms with Crippen LogP contribution in [-0.2, 0) is 11.2 Å². The number of fused-ring (bicyclic) bond motifs is 5. The molecule has 5 rings (SSSR count). The van der Waals surface area contributed by atoms with E-state index in [9.17, 15) is 9.90 Å². The molecule has 0 radical (unpaired) electrons. The van der Waals surface area contributed by atoms with Gasteiger partial charge in [0.05, 0.1) is 12.0 Å². The Morgan fingerprint density at radius 2 is 1.97 bits per heavy atom. The second-order valence-corrected chi connectivity index (χ2v) is 11.0. The summed E-state index contributed by atoms with van der Waals surface area (Å²) < 4.78 is 0. The van der Waals surface area contributed by atoms with Gasteiger partial charge in [-0.05, 0) is 99.2 Å². The van der Waals surface area contributed by atoms with Crippen molar-refractivity contribution in [3.05, 3.63) is 12.2 Å². The van der Waals surface area contributed by atoms with E-state index in [1.807, 2.05) is 0 Å². The minimum absolute atomic E-state index is 0.171. The molecule has 29 heavy (non-hydrogen) atoms. The largest absolute Gasteiger partial charge is 0.390 e. The average Bonchev–Trinajstić information content (AvgIpc) is 3.34. The molecule has 160 valence electrons. The smallest absolute Gasteiger partial charge is 0.144 e. The van der Waals surface area contributed by atoms with Crippen molar-refractivity contribution in [3.63, 3.8) is 0 Å². The number of rotatable bonds is 4. The fourth-order valence-electron chi connectivity index (χ4n) is 8.42. The summed E-state index contributed by atoms with van der Waals surface area (Å²) in [5.74, 6) is 5.14. The van der Waals surface area contributed by atoms with Gasteiger partial charge in [0.25, 0.3) is 0 Å². The van der Waals surface area contributed by atoms with Crippen LogP contribution in [0, 0.1) is 40.9 Å². The number of nitrogens with one attached hydrogen (secondary N) is 1. The Morgan fingerprint density at radius 1 is 1.14 bits per heavy atom. The summed E-state index contributed by atoms with van der Waals surface area (Å²) in [5, 5.41) is 18.7. The number of carbonyl (C=O) groups excluding carboxylic acids is 1. The quantitative estimate of drug-likeness (QED) is 0.790. The molecule has 2 N–H and O–H groups in total. The van der Waals surface area contributed by atoms with Gasteiger partial charge in [0.15, 0.2) is 0 Å². The number of aromatic amines is 1. The van der Waals surface area contributed by atoms with E-state index in [2.05, 4.69) is 29.0 Å². The van der Waals surface area contributed by atoms with Crippen LogP contribution in [0.4, 0.5) is 0 Å². The van der Waals surface area contributed by atoms with E-state index < -0.39 is 5.60 Å². The Labute approximate surface area is 174 Å². The van der Waals surface area contributed by atoms with E-state index in [1.165, 1.54) is 38.5 Å². The fourth-order valence-corrected chi connectivity index (χ4v) is 8.42. The molecule has 4 aliphatic carbocycles. The first-order valence-electron chi connectivity index (χ1n) is 12.0. The SMILES string of the molecule is CC[C@@]1(O)CC[C@H]2[C@@H](CC[C@@H]3[C@@H]2CC[C@]2(C)[C@@H](C(=O)Cc4nnc[nH]4)CC[C@@H]32)C1. The number of H-pyrrole nitrogens is 1. The molecule has 0 unspecified atom stereocenters. The van der Waals surface area contributed by atoms with Gasteiger partial charge in [-0.3, -0.25) is 4.79 Å². The van der Waals surface area contributed by atoms with Gasteiger partial charge >= 0.3 is 0 Å². The van der Waals surface area contributed by atoms with E-state index in [-0.39, 0.29) is 11.3 Å². The van der Waals surface area contributed by atoms with Crippen LogP contribution in [0.3, 0.4) is 0 Å². The maximum atomic E-state index is 13.1. The molecule has 4 saturated carbocycles. The third-order valence-electron chi connectivity index (χ3n) is 9.96.